The third kappa shape index (κ3) is 5.59. The van der Waals surface area contributed by atoms with Crippen LogP contribution in [0.3, 0.4) is 0 Å². The molecule has 0 spiro atoms. The molecule has 33 heavy (non-hydrogen) atoms. The fourth-order valence-electron chi connectivity index (χ4n) is 3.52. The summed E-state index contributed by atoms with van der Waals surface area (Å²) in [5.74, 6) is 0.844. The number of anilines is 1. The number of benzene rings is 2. The molecule has 1 aromatic heterocycles. The highest BCUT2D eigenvalue weighted by molar-refractivity contribution is 6.36. The smallest absolute Gasteiger partial charge is 0.223 e. The Kier molecular flexibility index (Phi) is 6.75. The number of aromatic nitrogens is 2. The Morgan fingerprint density at radius 1 is 0.970 bits per heavy atom. The molecule has 7 heteroatoms. The number of aryl methyl sites for hydroxylation is 2. The third-order valence-electron chi connectivity index (χ3n) is 5.03. The van der Waals surface area contributed by atoms with Gasteiger partial charge < -0.3 is 5.32 Å². The first-order valence-electron chi connectivity index (χ1n) is 10.5. The summed E-state index contributed by atoms with van der Waals surface area (Å²) in [5.41, 5.74) is 5.90. The van der Waals surface area contributed by atoms with Crippen molar-refractivity contribution in [3.8, 4) is 11.3 Å². The minimum Gasteiger partial charge on any atom is -0.324 e. The molecule has 0 saturated heterocycles. The van der Waals surface area contributed by atoms with Gasteiger partial charge in [-0.25, -0.2) is 24.3 Å². The van der Waals surface area contributed by atoms with Gasteiger partial charge in [-0.15, -0.1) is 0 Å². The van der Waals surface area contributed by atoms with Crippen LogP contribution in [-0.4, -0.2) is 28.2 Å². The molecule has 0 unspecified atom stereocenters. The molecule has 0 aliphatic carbocycles. The molecule has 0 fully saturated rings. The first kappa shape index (κ1) is 22.6. The van der Waals surface area contributed by atoms with Gasteiger partial charge in [-0.2, -0.15) is 0 Å². The lowest BCUT2D eigenvalue weighted by molar-refractivity contribution is 0.628. The van der Waals surface area contributed by atoms with Gasteiger partial charge in [0.2, 0.25) is 5.96 Å². The summed E-state index contributed by atoms with van der Waals surface area (Å²) in [7, 11) is 0. The molecule has 0 atom stereocenters. The number of aliphatic imine (C=N–C) groups is 2. The zero-order chi connectivity index (χ0) is 23.4. The van der Waals surface area contributed by atoms with E-state index in [-0.39, 0.29) is 5.82 Å². The summed E-state index contributed by atoms with van der Waals surface area (Å²) in [6, 6.07) is 14.2. The van der Waals surface area contributed by atoms with E-state index in [4.69, 9.17) is 16.6 Å². The Morgan fingerprint density at radius 2 is 1.76 bits per heavy atom. The summed E-state index contributed by atoms with van der Waals surface area (Å²) in [4.78, 5) is 18.1. The average Bonchev–Trinajstić information content (AvgIpc) is 2.84. The quantitative estimate of drug-likeness (QED) is 0.490. The second-order valence-electron chi connectivity index (χ2n) is 7.64. The summed E-state index contributed by atoms with van der Waals surface area (Å²) in [5, 5.41) is 3.61. The monoisotopic (exact) mass is 459 g/mol. The normalized spacial score (nSPS) is 19.6. The van der Waals surface area contributed by atoms with Crippen molar-refractivity contribution >= 4 is 34.5 Å². The van der Waals surface area contributed by atoms with Crippen molar-refractivity contribution in [2.24, 2.45) is 9.98 Å². The number of hydrogen-bond donors (Lipinski definition) is 1. The van der Waals surface area contributed by atoms with Gasteiger partial charge in [-0.1, -0.05) is 42.0 Å². The number of guanidine groups is 1. The van der Waals surface area contributed by atoms with E-state index in [1.54, 1.807) is 6.07 Å². The predicted molar refractivity (Wildman–Crippen MR) is 135 cm³/mol. The molecule has 2 heterocycles. The van der Waals surface area contributed by atoms with Gasteiger partial charge in [0.05, 0.1) is 17.3 Å². The van der Waals surface area contributed by atoms with E-state index in [2.05, 4.69) is 20.3 Å². The van der Waals surface area contributed by atoms with Gasteiger partial charge in [0.15, 0.2) is 0 Å². The molecule has 1 N–H and O–H groups in total. The molecule has 1 aliphatic rings. The Hall–Kier alpha value is -3.64. The topological polar surface area (TPSA) is 62.5 Å². The lowest BCUT2D eigenvalue weighted by atomic mass is 10.0. The van der Waals surface area contributed by atoms with Crippen LogP contribution in [-0.2, 0) is 0 Å². The number of halogens is 2. The molecule has 0 saturated carbocycles. The molecular weight excluding hydrogens is 437 g/mol. The van der Waals surface area contributed by atoms with Crippen LogP contribution < -0.4 is 5.32 Å². The van der Waals surface area contributed by atoms with Crippen LogP contribution in [0.4, 0.5) is 10.1 Å². The standard InChI is InChI=1S/C26H23ClFN5/c1-16-14-25(32-18(3)30-16)19-7-10-21(11-8-19)33-26-29-13-5-4-6-22(17(2)31-26)23-12-9-20(28)15-24(23)27/h4-12,14-15H,13H2,1-3H3,(H,29,33)/b5-4+,22-6+,31-17+. The maximum Gasteiger partial charge on any atom is 0.223 e. The van der Waals surface area contributed by atoms with Gasteiger partial charge in [0, 0.05) is 33.8 Å². The van der Waals surface area contributed by atoms with E-state index < -0.39 is 0 Å². The minimum absolute atomic E-state index is 0.334. The van der Waals surface area contributed by atoms with Crippen molar-refractivity contribution in [3.05, 3.63) is 94.7 Å². The Morgan fingerprint density at radius 3 is 2.48 bits per heavy atom. The molecule has 1 aliphatic heterocycles. The largest absolute Gasteiger partial charge is 0.324 e. The second-order valence-corrected chi connectivity index (χ2v) is 8.05. The fraction of sp³-hybridized carbons (Fsp3) is 0.154. The van der Waals surface area contributed by atoms with E-state index in [0.29, 0.717) is 28.8 Å². The van der Waals surface area contributed by atoms with Crippen LogP contribution in [0.2, 0.25) is 5.02 Å². The molecule has 0 bridgehead atoms. The highest BCUT2D eigenvalue weighted by atomic mass is 35.5. The number of nitrogens with one attached hydrogen (secondary N) is 1. The van der Waals surface area contributed by atoms with Gasteiger partial charge in [-0.3, -0.25) is 0 Å². The summed E-state index contributed by atoms with van der Waals surface area (Å²) < 4.78 is 13.5. The maximum absolute atomic E-state index is 13.5. The summed E-state index contributed by atoms with van der Waals surface area (Å²) in [6.45, 7) is 6.20. The lowest BCUT2D eigenvalue weighted by Gasteiger charge is -2.11. The van der Waals surface area contributed by atoms with Crippen LogP contribution in [0.25, 0.3) is 16.8 Å². The summed E-state index contributed by atoms with van der Waals surface area (Å²) in [6.07, 6.45) is 5.74. The van der Waals surface area contributed by atoms with Gasteiger partial charge in [0.25, 0.3) is 0 Å². The second kappa shape index (κ2) is 9.88. The number of hydrogen-bond acceptors (Lipinski definition) is 5. The number of nitrogens with zero attached hydrogens (tertiary/aromatic N) is 4. The molecule has 166 valence electrons. The van der Waals surface area contributed by atoms with Crippen LogP contribution in [0.1, 0.15) is 24.0 Å². The molecule has 4 rings (SSSR count). The van der Waals surface area contributed by atoms with Crippen molar-refractivity contribution < 1.29 is 4.39 Å². The van der Waals surface area contributed by atoms with Gasteiger partial charge in [0.1, 0.15) is 11.6 Å². The SMILES string of the molecule is CC1=N\C(Nc2ccc(-c3cc(C)nc(C)n3)cc2)=N/C/C=C/C=C\1c1ccc(F)cc1Cl. The number of rotatable bonds is 3. The van der Waals surface area contributed by atoms with Gasteiger partial charge in [-0.05, 0) is 57.2 Å². The first-order chi connectivity index (χ1) is 15.9. The van der Waals surface area contributed by atoms with Crippen molar-refractivity contribution in [1.82, 2.24) is 9.97 Å². The van der Waals surface area contributed by atoms with E-state index >= 15 is 0 Å². The van der Waals surface area contributed by atoms with Crippen LogP contribution in [0, 0.1) is 19.7 Å². The maximum atomic E-state index is 13.5. The van der Waals surface area contributed by atoms with Crippen LogP contribution in [0.15, 0.2) is 76.7 Å². The molecular formula is C26H23ClFN5. The average molecular weight is 460 g/mol. The molecule has 0 amide bonds. The van der Waals surface area contributed by atoms with Crippen LogP contribution in [0.5, 0.6) is 0 Å². The van der Waals surface area contributed by atoms with E-state index in [9.17, 15) is 4.39 Å². The van der Waals surface area contributed by atoms with Gasteiger partial charge >= 0.3 is 0 Å². The highest BCUT2D eigenvalue weighted by Crippen LogP contribution is 2.27. The first-order valence-corrected chi connectivity index (χ1v) is 10.9. The third-order valence-corrected chi connectivity index (χ3v) is 5.35. The Balaban J connectivity index is 1.59. The van der Waals surface area contributed by atoms with Crippen molar-refractivity contribution in [1.29, 1.82) is 0 Å². The van der Waals surface area contributed by atoms with E-state index in [1.807, 2.05) is 69.3 Å². The zero-order valence-corrected chi connectivity index (χ0v) is 19.4. The predicted octanol–water partition coefficient (Wildman–Crippen LogP) is 6.44. The van der Waals surface area contributed by atoms with Crippen molar-refractivity contribution in [3.63, 3.8) is 0 Å². The fourth-order valence-corrected chi connectivity index (χ4v) is 3.79. The van der Waals surface area contributed by atoms with Crippen molar-refractivity contribution in [2.75, 3.05) is 11.9 Å². The Labute approximate surface area is 197 Å². The van der Waals surface area contributed by atoms with Crippen LogP contribution >= 0.6 is 11.6 Å². The van der Waals surface area contributed by atoms with E-state index in [0.717, 1.165) is 34.0 Å². The molecule has 0 radical (unpaired) electrons. The highest BCUT2D eigenvalue weighted by Gasteiger charge is 2.12. The number of allylic oxidation sites excluding steroid dienone is 3. The minimum atomic E-state index is -0.378. The zero-order valence-electron chi connectivity index (χ0n) is 18.6. The Bertz CT molecular complexity index is 1290. The molecule has 2 aromatic carbocycles. The van der Waals surface area contributed by atoms with E-state index in [1.165, 1.54) is 12.1 Å². The lowest BCUT2D eigenvalue weighted by Crippen LogP contribution is -2.13. The molecule has 3 aromatic rings. The molecule has 5 nitrogen and oxygen atoms in total. The van der Waals surface area contributed by atoms with Crippen molar-refractivity contribution in [2.45, 2.75) is 20.8 Å². The summed E-state index contributed by atoms with van der Waals surface area (Å²) >= 11 is 6.30.